The number of likely N-dealkylation sites (tertiary alicyclic amines) is 1. The molecule has 2 heterocycles. The zero-order valence-corrected chi connectivity index (χ0v) is 12.6. The van der Waals surface area contributed by atoms with Gasteiger partial charge in [-0.2, -0.15) is 0 Å². The summed E-state index contributed by atoms with van der Waals surface area (Å²) in [5, 5.41) is 8.79. The Morgan fingerprint density at radius 2 is 2.23 bits per heavy atom. The zero-order valence-electron chi connectivity index (χ0n) is 12.6. The minimum atomic E-state index is -0.762. The van der Waals surface area contributed by atoms with E-state index in [1.54, 1.807) is 0 Å². The van der Waals surface area contributed by atoms with E-state index in [1.807, 2.05) is 23.1 Å². The summed E-state index contributed by atoms with van der Waals surface area (Å²) in [4.78, 5) is 25.2. The minimum absolute atomic E-state index is 0.0507. The van der Waals surface area contributed by atoms with Gasteiger partial charge in [0.05, 0.1) is 6.61 Å². The van der Waals surface area contributed by atoms with Gasteiger partial charge in [0.2, 0.25) is 0 Å². The maximum atomic E-state index is 12.7. The first kappa shape index (κ1) is 14.9. The predicted octanol–water partition coefficient (Wildman–Crippen LogP) is 2.34. The Labute approximate surface area is 129 Å². The number of aliphatic carboxylic acids is 1. The molecule has 2 aliphatic rings. The number of carboxylic acids is 1. The van der Waals surface area contributed by atoms with Crippen LogP contribution < -0.4 is 4.74 Å². The number of benzene rings is 1. The second kappa shape index (κ2) is 6.38. The van der Waals surface area contributed by atoms with Gasteiger partial charge < -0.3 is 14.7 Å². The highest BCUT2D eigenvalue weighted by Gasteiger charge is 2.25. The molecule has 0 spiro atoms. The fraction of sp³-hybridized carbons (Fsp3) is 0.529. The van der Waals surface area contributed by atoms with E-state index in [4.69, 9.17) is 9.84 Å². The van der Waals surface area contributed by atoms with Crippen molar-refractivity contribution in [2.75, 3.05) is 19.7 Å². The van der Waals surface area contributed by atoms with Gasteiger partial charge in [-0.15, -0.1) is 0 Å². The van der Waals surface area contributed by atoms with Crippen LogP contribution in [0, 0.1) is 5.92 Å². The van der Waals surface area contributed by atoms with Crippen LogP contribution >= 0.6 is 0 Å². The fourth-order valence-electron chi connectivity index (χ4n) is 3.31. The first-order valence-electron chi connectivity index (χ1n) is 7.90. The van der Waals surface area contributed by atoms with Crippen LogP contribution in [0.5, 0.6) is 5.75 Å². The molecule has 0 saturated carbocycles. The van der Waals surface area contributed by atoms with Crippen molar-refractivity contribution in [3.63, 3.8) is 0 Å². The third-order valence-corrected chi connectivity index (χ3v) is 4.51. The third kappa shape index (κ3) is 3.24. The molecular weight excluding hydrogens is 282 g/mol. The largest absolute Gasteiger partial charge is 0.493 e. The molecule has 5 nitrogen and oxygen atoms in total. The molecule has 0 aliphatic carbocycles. The van der Waals surface area contributed by atoms with E-state index in [9.17, 15) is 9.59 Å². The normalized spacial score (nSPS) is 20.4. The van der Waals surface area contributed by atoms with Gasteiger partial charge >= 0.3 is 5.97 Å². The summed E-state index contributed by atoms with van der Waals surface area (Å²) in [5.74, 6) is 0.470. The molecule has 118 valence electrons. The van der Waals surface area contributed by atoms with Gasteiger partial charge in [0, 0.05) is 31.5 Å². The molecule has 1 fully saturated rings. The maximum absolute atomic E-state index is 12.7. The summed E-state index contributed by atoms with van der Waals surface area (Å²) in [6.45, 7) is 2.11. The zero-order chi connectivity index (χ0) is 15.5. The van der Waals surface area contributed by atoms with Crippen molar-refractivity contribution in [2.24, 2.45) is 5.92 Å². The molecule has 0 aromatic heterocycles. The first-order chi connectivity index (χ1) is 10.6. The molecule has 0 radical (unpaired) electrons. The fourth-order valence-corrected chi connectivity index (χ4v) is 3.31. The summed E-state index contributed by atoms with van der Waals surface area (Å²) < 4.78 is 5.47. The van der Waals surface area contributed by atoms with Gasteiger partial charge in [0.15, 0.2) is 0 Å². The molecule has 1 atom stereocenters. The van der Waals surface area contributed by atoms with Crippen LogP contribution in [0.2, 0.25) is 0 Å². The Hall–Kier alpha value is -2.04. The minimum Gasteiger partial charge on any atom is -0.493 e. The summed E-state index contributed by atoms with van der Waals surface area (Å²) in [5.41, 5.74) is 1.81. The van der Waals surface area contributed by atoms with Gasteiger partial charge in [-0.3, -0.25) is 9.59 Å². The van der Waals surface area contributed by atoms with E-state index < -0.39 is 5.97 Å². The van der Waals surface area contributed by atoms with Crippen LogP contribution in [-0.4, -0.2) is 41.6 Å². The van der Waals surface area contributed by atoms with Gasteiger partial charge in [-0.05, 0) is 48.9 Å². The predicted molar refractivity (Wildman–Crippen MR) is 81.1 cm³/mol. The Kier molecular flexibility index (Phi) is 4.32. The molecule has 22 heavy (non-hydrogen) atoms. The number of hydrogen-bond acceptors (Lipinski definition) is 3. The molecular formula is C17H21NO4. The molecule has 1 saturated heterocycles. The lowest BCUT2D eigenvalue weighted by molar-refractivity contribution is -0.137. The Morgan fingerprint density at radius 1 is 1.36 bits per heavy atom. The summed E-state index contributed by atoms with van der Waals surface area (Å²) in [6, 6.07) is 5.64. The number of hydrogen-bond donors (Lipinski definition) is 1. The summed E-state index contributed by atoms with van der Waals surface area (Å²) >= 11 is 0. The van der Waals surface area contributed by atoms with Crippen LogP contribution in [0.3, 0.4) is 0 Å². The van der Waals surface area contributed by atoms with Crippen molar-refractivity contribution in [1.29, 1.82) is 0 Å². The molecule has 1 N–H and O–H groups in total. The average molecular weight is 303 g/mol. The van der Waals surface area contributed by atoms with Crippen molar-refractivity contribution in [1.82, 2.24) is 4.90 Å². The first-order valence-corrected chi connectivity index (χ1v) is 7.90. The Bertz CT molecular complexity index is 584. The van der Waals surface area contributed by atoms with Gasteiger partial charge in [-0.1, -0.05) is 0 Å². The molecule has 3 rings (SSSR count). The maximum Gasteiger partial charge on any atom is 0.303 e. The molecule has 1 unspecified atom stereocenters. The molecule has 1 aromatic rings. The second-order valence-electron chi connectivity index (χ2n) is 6.11. The number of amides is 1. The number of rotatable bonds is 4. The van der Waals surface area contributed by atoms with E-state index in [0.717, 1.165) is 37.1 Å². The van der Waals surface area contributed by atoms with Gasteiger partial charge in [0.1, 0.15) is 5.75 Å². The van der Waals surface area contributed by atoms with Crippen molar-refractivity contribution < 1.29 is 19.4 Å². The van der Waals surface area contributed by atoms with Crippen molar-refractivity contribution >= 4 is 11.9 Å². The summed E-state index contributed by atoms with van der Waals surface area (Å²) in [7, 11) is 0. The lowest BCUT2D eigenvalue weighted by Gasteiger charge is -2.32. The van der Waals surface area contributed by atoms with Gasteiger partial charge in [0.25, 0.3) is 5.91 Å². The summed E-state index contributed by atoms with van der Waals surface area (Å²) in [6.07, 6.45) is 3.65. The van der Waals surface area contributed by atoms with Crippen LogP contribution in [0.25, 0.3) is 0 Å². The highest BCUT2D eigenvalue weighted by molar-refractivity contribution is 5.94. The molecule has 1 amide bonds. The molecule has 0 bridgehead atoms. The molecule has 5 heteroatoms. The second-order valence-corrected chi connectivity index (χ2v) is 6.11. The van der Waals surface area contributed by atoms with Crippen LogP contribution in [0.15, 0.2) is 18.2 Å². The van der Waals surface area contributed by atoms with E-state index in [2.05, 4.69) is 0 Å². The lowest BCUT2D eigenvalue weighted by Crippen LogP contribution is -2.40. The average Bonchev–Trinajstić information content (AvgIpc) is 3.00. The Morgan fingerprint density at radius 3 is 3.05 bits per heavy atom. The molecule has 1 aromatic carbocycles. The quantitative estimate of drug-likeness (QED) is 0.927. The Balaban J connectivity index is 1.65. The number of piperidine rings is 1. The highest BCUT2D eigenvalue weighted by Crippen LogP contribution is 2.28. The standard InChI is InChI=1S/C17H21NO4/c19-16(20)6-3-12-2-1-8-18(11-12)17(21)14-4-5-15-13(10-14)7-9-22-15/h4-5,10,12H,1-3,6-9,11H2,(H,19,20). The number of carbonyl (C=O) groups excluding carboxylic acids is 1. The van der Waals surface area contributed by atoms with Crippen molar-refractivity contribution in [3.8, 4) is 5.75 Å². The third-order valence-electron chi connectivity index (χ3n) is 4.51. The van der Waals surface area contributed by atoms with E-state index >= 15 is 0 Å². The van der Waals surface area contributed by atoms with Crippen LogP contribution in [0.1, 0.15) is 41.6 Å². The van der Waals surface area contributed by atoms with E-state index in [-0.39, 0.29) is 12.3 Å². The number of ether oxygens (including phenoxy) is 1. The number of fused-ring (bicyclic) bond motifs is 1. The van der Waals surface area contributed by atoms with Crippen molar-refractivity contribution in [3.05, 3.63) is 29.3 Å². The monoisotopic (exact) mass is 303 g/mol. The lowest BCUT2D eigenvalue weighted by atomic mass is 9.93. The van der Waals surface area contributed by atoms with Crippen LogP contribution in [-0.2, 0) is 11.2 Å². The van der Waals surface area contributed by atoms with E-state index in [0.29, 0.717) is 31.1 Å². The molecule has 2 aliphatic heterocycles. The number of carboxylic acid groups (broad SMARTS) is 1. The topological polar surface area (TPSA) is 66.8 Å². The number of nitrogens with zero attached hydrogens (tertiary/aromatic N) is 1. The van der Waals surface area contributed by atoms with E-state index in [1.165, 1.54) is 0 Å². The van der Waals surface area contributed by atoms with Gasteiger partial charge in [-0.25, -0.2) is 0 Å². The SMILES string of the molecule is O=C(O)CCC1CCCN(C(=O)c2ccc3c(c2)CCO3)C1. The number of carbonyl (C=O) groups is 2. The van der Waals surface area contributed by atoms with Crippen LogP contribution in [0.4, 0.5) is 0 Å². The van der Waals surface area contributed by atoms with Crippen molar-refractivity contribution in [2.45, 2.75) is 32.1 Å². The smallest absolute Gasteiger partial charge is 0.303 e. The highest BCUT2D eigenvalue weighted by atomic mass is 16.5.